The number of carbonyl (C=O) groups excluding carboxylic acids is 2. The van der Waals surface area contributed by atoms with E-state index in [1.54, 1.807) is 36.4 Å². The zero-order chi connectivity index (χ0) is 15.9. The number of aromatic nitrogens is 1. The zero-order valence-corrected chi connectivity index (χ0v) is 12.6. The number of hydrogen-bond acceptors (Lipinski definition) is 4. The lowest BCUT2D eigenvalue weighted by atomic mass is 10.2. The SMILES string of the molecule is CC(=O)/C(=C/Nc1ccc(Cl)cn1)NC(=O)c1ccccc1. The Kier molecular flexibility index (Phi) is 5.27. The van der Waals surface area contributed by atoms with Crippen LogP contribution in [0.1, 0.15) is 17.3 Å². The lowest BCUT2D eigenvalue weighted by Gasteiger charge is -2.08. The first-order valence-corrected chi connectivity index (χ1v) is 6.89. The number of pyridine rings is 1. The summed E-state index contributed by atoms with van der Waals surface area (Å²) in [5.74, 6) is -0.115. The van der Waals surface area contributed by atoms with Crippen LogP contribution in [0.3, 0.4) is 0 Å². The molecule has 2 aromatic rings. The second-order valence-corrected chi connectivity index (χ2v) is 4.88. The Morgan fingerprint density at radius 1 is 1.14 bits per heavy atom. The van der Waals surface area contributed by atoms with Crippen molar-refractivity contribution < 1.29 is 9.59 Å². The lowest BCUT2D eigenvalue weighted by Crippen LogP contribution is -2.27. The molecule has 1 aromatic heterocycles. The molecule has 0 aliphatic rings. The topological polar surface area (TPSA) is 71.1 Å². The summed E-state index contributed by atoms with van der Waals surface area (Å²) in [6, 6.07) is 12.0. The predicted molar refractivity (Wildman–Crippen MR) is 85.5 cm³/mol. The number of halogens is 1. The molecule has 0 atom stereocenters. The van der Waals surface area contributed by atoms with E-state index in [4.69, 9.17) is 11.6 Å². The summed E-state index contributed by atoms with van der Waals surface area (Å²) in [6.45, 7) is 1.37. The summed E-state index contributed by atoms with van der Waals surface area (Å²) < 4.78 is 0. The molecule has 2 N–H and O–H groups in total. The number of benzene rings is 1. The highest BCUT2D eigenvalue weighted by atomic mass is 35.5. The van der Waals surface area contributed by atoms with Crippen molar-refractivity contribution in [2.45, 2.75) is 6.92 Å². The molecule has 1 amide bonds. The zero-order valence-electron chi connectivity index (χ0n) is 11.8. The first-order valence-electron chi connectivity index (χ1n) is 6.52. The molecule has 0 aliphatic heterocycles. The van der Waals surface area contributed by atoms with Gasteiger partial charge < -0.3 is 10.6 Å². The third-order valence-corrected chi connectivity index (χ3v) is 2.98. The fourth-order valence-electron chi connectivity index (χ4n) is 1.62. The van der Waals surface area contributed by atoms with Gasteiger partial charge in [-0.15, -0.1) is 0 Å². The van der Waals surface area contributed by atoms with E-state index in [1.165, 1.54) is 19.3 Å². The smallest absolute Gasteiger partial charge is 0.255 e. The van der Waals surface area contributed by atoms with Crippen molar-refractivity contribution in [3.05, 3.63) is 71.1 Å². The van der Waals surface area contributed by atoms with E-state index in [0.717, 1.165) is 0 Å². The maximum atomic E-state index is 12.1. The summed E-state index contributed by atoms with van der Waals surface area (Å²) in [5, 5.41) is 5.93. The molecule has 0 bridgehead atoms. The molecule has 0 unspecified atom stereocenters. The van der Waals surface area contributed by atoms with Gasteiger partial charge in [0.1, 0.15) is 11.5 Å². The van der Waals surface area contributed by atoms with Crippen molar-refractivity contribution in [2.75, 3.05) is 5.32 Å². The fourth-order valence-corrected chi connectivity index (χ4v) is 1.73. The molecular weight excluding hydrogens is 302 g/mol. The lowest BCUT2D eigenvalue weighted by molar-refractivity contribution is -0.113. The van der Waals surface area contributed by atoms with E-state index < -0.39 is 0 Å². The Balaban J connectivity index is 2.09. The third kappa shape index (κ3) is 4.43. The van der Waals surface area contributed by atoms with Gasteiger partial charge in [0.25, 0.3) is 5.91 Å². The minimum atomic E-state index is -0.354. The molecule has 0 saturated carbocycles. The van der Waals surface area contributed by atoms with E-state index in [9.17, 15) is 9.59 Å². The quantitative estimate of drug-likeness (QED) is 0.832. The third-order valence-electron chi connectivity index (χ3n) is 2.76. The Morgan fingerprint density at radius 2 is 1.86 bits per heavy atom. The van der Waals surface area contributed by atoms with Crippen molar-refractivity contribution in [3.8, 4) is 0 Å². The van der Waals surface area contributed by atoms with Gasteiger partial charge in [-0.05, 0) is 24.3 Å². The molecule has 0 aliphatic carbocycles. The van der Waals surface area contributed by atoms with Gasteiger partial charge in [-0.1, -0.05) is 29.8 Å². The van der Waals surface area contributed by atoms with Crippen LogP contribution in [0.25, 0.3) is 0 Å². The molecule has 0 saturated heterocycles. The molecule has 1 aromatic carbocycles. The highest BCUT2D eigenvalue weighted by molar-refractivity contribution is 6.30. The van der Waals surface area contributed by atoms with Crippen molar-refractivity contribution in [1.82, 2.24) is 10.3 Å². The predicted octanol–water partition coefficient (Wildman–Crippen LogP) is 3.01. The molecular formula is C16H14ClN3O2. The maximum Gasteiger partial charge on any atom is 0.255 e. The largest absolute Gasteiger partial charge is 0.344 e. The van der Waals surface area contributed by atoms with Gasteiger partial charge in [0, 0.05) is 24.9 Å². The van der Waals surface area contributed by atoms with Crippen LogP contribution in [0.2, 0.25) is 5.02 Å². The van der Waals surface area contributed by atoms with Gasteiger partial charge in [0.2, 0.25) is 0 Å². The van der Waals surface area contributed by atoms with E-state index >= 15 is 0 Å². The summed E-state index contributed by atoms with van der Waals surface area (Å²) >= 11 is 5.74. The van der Waals surface area contributed by atoms with Crippen LogP contribution in [0.5, 0.6) is 0 Å². The molecule has 6 heteroatoms. The molecule has 1 heterocycles. The molecule has 0 spiro atoms. The van der Waals surface area contributed by atoms with Gasteiger partial charge in [-0.25, -0.2) is 4.98 Å². The number of Topliss-reactive ketones (excluding diaryl/α,β-unsaturated/α-hetero) is 1. The van der Waals surface area contributed by atoms with Gasteiger partial charge >= 0.3 is 0 Å². The summed E-state index contributed by atoms with van der Waals surface area (Å²) in [4.78, 5) is 27.7. The van der Waals surface area contributed by atoms with Crippen molar-refractivity contribution in [3.63, 3.8) is 0 Å². The summed E-state index contributed by atoms with van der Waals surface area (Å²) in [7, 11) is 0. The number of nitrogens with zero attached hydrogens (tertiary/aromatic N) is 1. The van der Waals surface area contributed by atoms with E-state index in [0.29, 0.717) is 16.4 Å². The number of hydrogen-bond donors (Lipinski definition) is 2. The molecule has 112 valence electrons. The molecule has 0 fully saturated rings. The average Bonchev–Trinajstić information content (AvgIpc) is 2.53. The van der Waals surface area contributed by atoms with Crippen LogP contribution in [0.15, 0.2) is 60.6 Å². The van der Waals surface area contributed by atoms with Gasteiger partial charge in [-0.2, -0.15) is 0 Å². The number of rotatable bonds is 5. The van der Waals surface area contributed by atoms with E-state index in [-0.39, 0.29) is 17.4 Å². The monoisotopic (exact) mass is 315 g/mol. The van der Waals surface area contributed by atoms with Gasteiger partial charge in [0.05, 0.1) is 5.02 Å². The number of amides is 1. The first-order chi connectivity index (χ1) is 10.6. The highest BCUT2D eigenvalue weighted by Crippen LogP contribution is 2.10. The summed E-state index contributed by atoms with van der Waals surface area (Å²) in [5.41, 5.74) is 0.616. The van der Waals surface area contributed by atoms with E-state index in [2.05, 4.69) is 15.6 Å². The number of carbonyl (C=O) groups is 2. The Hall–Kier alpha value is -2.66. The van der Waals surface area contributed by atoms with Crippen LogP contribution < -0.4 is 10.6 Å². The number of ketones is 1. The van der Waals surface area contributed by atoms with Crippen LogP contribution >= 0.6 is 11.6 Å². The van der Waals surface area contributed by atoms with Crippen molar-refractivity contribution in [2.24, 2.45) is 0 Å². The summed E-state index contributed by atoms with van der Waals surface area (Å²) in [6.07, 6.45) is 2.88. The van der Waals surface area contributed by atoms with Crippen LogP contribution in [0.4, 0.5) is 5.82 Å². The second-order valence-electron chi connectivity index (χ2n) is 4.44. The number of nitrogens with one attached hydrogen (secondary N) is 2. The molecule has 22 heavy (non-hydrogen) atoms. The van der Waals surface area contributed by atoms with E-state index in [1.807, 2.05) is 6.07 Å². The Morgan fingerprint density at radius 3 is 2.45 bits per heavy atom. The molecule has 0 radical (unpaired) electrons. The minimum absolute atomic E-state index is 0.144. The maximum absolute atomic E-state index is 12.1. The minimum Gasteiger partial charge on any atom is -0.344 e. The number of anilines is 1. The van der Waals surface area contributed by atoms with Crippen molar-refractivity contribution in [1.29, 1.82) is 0 Å². The van der Waals surface area contributed by atoms with Gasteiger partial charge in [-0.3, -0.25) is 9.59 Å². The second kappa shape index (κ2) is 7.38. The molecule has 2 rings (SSSR count). The standard InChI is InChI=1S/C16H14ClN3O2/c1-11(21)14(10-19-15-8-7-13(17)9-18-15)20-16(22)12-5-3-2-4-6-12/h2-10H,1H3,(H,18,19)(H,20,22)/b14-10-. The fraction of sp³-hybridized carbons (Fsp3) is 0.0625. The molecule has 5 nitrogen and oxygen atoms in total. The van der Waals surface area contributed by atoms with Crippen LogP contribution in [-0.4, -0.2) is 16.7 Å². The first kappa shape index (κ1) is 15.7. The van der Waals surface area contributed by atoms with Gasteiger partial charge in [0.15, 0.2) is 5.78 Å². The highest BCUT2D eigenvalue weighted by Gasteiger charge is 2.10. The van der Waals surface area contributed by atoms with Crippen LogP contribution in [0, 0.1) is 0 Å². The average molecular weight is 316 g/mol. The van der Waals surface area contributed by atoms with Crippen molar-refractivity contribution >= 4 is 29.1 Å². The normalized spacial score (nSPS) is 10.9. The number of allylic oxidation sites excluding steroid dienone is 1. The van der Waals surface area contributed by atoms with Crippen LogP contribution in [-0.2, 0) is 4.79 Å². The Labute approximate surface area is 133 Å². The Bertz CT molecular complexity index is 697.